The second kappa shape index (κ2) is 5.83. The number of hydrogen-bond donors (Lipinski definition) is 3. The van der Waals surface area contributed by atoms with Crippen molar-refractivity contribution < 1.29 is 9.59 Å². The van der Waals surface area contributed by atoms with E-state index in [1.165, 1.54) is 13.0 Å². The summed E-state index contributed by atoms with van der Waals surface area (Å²) in [6, 6.07) is 3.17. The highest BCUT2D eigenvalue weighted by Crippen LogP contribution is 2.06. The van der Waals surface area contributed by atoms with Crippen molar-refractivity contribution in [3.8, 4) is 0 Å². The number of nitrogens with two attached hydrogens (primary N) is 1. The highest BCUT2D eigenvalue weighted by molar-refractivity contribution is 5.94. The van der Waals surface area contributed by atoms with Crippen LogP contribution in [0.1, 0.15) is 23.0 Å². The van der Waals surface area contributed by atoms with Crippen molar-refractivity contribution in [1.29, 1.82) is 0 Å². The van der Waals surface area contributed by atoms with Crippen LogP contribution >= 0.6 is 0 Å². The quantitative estimate of drug-likeness (QED) is 0.633. The molecule has 0 saturated carbocycles. The van der Waals surface area contributed by atoms with E-state index in [-0.39, 0.29) is 11.8 Å². The van der Waals surface area contributed by atoms with Gasteiger partial charge in [-0.15, -0.1) is 0 Å². The predicted molar refractivity (Wildman–Crippen MR) is 64.4 cm³/mol. The van der Waals surface area contributed by atoms with Gasteiger partial charge in [0.25, 0.3) is 5.91 Å². The van der Waals surface area contributed by atoms with Gasteiger partial charge in [0.05, 0.1) is 0 Å². The molecule has 0 bridgehead atoms. The van der Waals surface area contributed by atoms with Gasteiger partial charge < -0.3 is 16.4 Å². The van der Waals surface area contributed by atoms with Gasteiger partial charge in [-0.1, -0.05) is 0 Å². The number of hydrogen-bond acceptors (Lipinski definition) is 4. The van der Waals surface area contributed by atoms with E-state index >= 15 is 0 Å². The molecule has 0 saturated heterocycles. The van der Waals surface area contributed by atoms with E-state index in [0.29, 0.717) is 30.2 Å². The Bertz CT molecular complexity index is 411. The van der Waals surface area contributed by atoms with Crippen LogP contribution < -0.4 is 16.4 Å². The fourth-order valence-corrected chi connectivity index (χ4v) is 1.34. The molecule has 1 rings (SSSR count). The first kappa shape index (κ1) is 13.0. The lowest BCUT2D eigenvalue weighted by Gasteiger charge is -2.06. The largest absolute Gasteiger partial charge is 0.384 e. The minimum atomic E-state index is -0.229. The summed E-state index contributed by atoms with van der Waals surface area (Å²) in [4.78, 5) is 26.3. The zero-order chi connectivity index (χ0) is 12.8. The molecule has 4 N–H and O–H groups in total. The summed E-state index contributed by atoms with van der Waals surface area (Å²) in [6.07, 6.45) is 0. The minimum Gasteiger partial charge on any atom is -0.384 e. The molecule has 1 aromatic heterocycles. The van der Waals surface area contributed by atoms with Crippen LogP contribution in [0.3, 0.4) is 0 Å². The van der Waals surface area contributed by atoms with Gasteiger partial charge in [-0.25, -0.2) is 4.98 Å². The Morgan fingerprint density at radius 2 is 1.94 bits per heavy atom. The molecular formula is C11H16N4O2. The highest BCUT2D eigenvalue weighted by atomic mass is 16.2. The van der Waals surface area contributed by atoms with Gasteiger partial charge in [0.15, 0.2) is 0 Å². The number of carbonyl (C=O) groups is 2. The number of rotatable bonds is 4. The SMILES string of the molecule is CC(=O)NCCNC(=O)c1cc(C)nc(N)c1. The summed E-state index contributed by atoms with van der Waals surface area (Å²) in [5, 5.41) is 5.26. The second-order valence-electron chi connectivity index (χ2n) is 3.66. The Morgan fingerprint density at radius 3 is 2.53 bits per heavy atom. The molecular weight excluding hydrogens is 220 g/mol. The topological polar surface area (TPSA) is 97.1 Å². The van der Waals surface area contributed by atoms with Crippen molar-refractivity contribution in [2.45, 2.75) is 13.8 Å². The van der Waals surface area contributed by atoms with Crippen LogP contribution in [0.25, 0.3) is 0 Å². The molecule has 92 valence electrons. The van der Waals surface area contributed by atoms with Crippen LogP contribution in [0.5, 0.6) is 0 Å². The molecule has 1 aromatic rings. The van der Waals surface area contributed by atoms with E-state index in [1.807, 2.05) is 0 Å². The number of nitrogens with one attached hydrogen (secondary N) is 2. The number of anilines is 1. The van der Waals surface area contributed by atoms with Crippen LogP contribution in [0, 0.1) is 6.92 Å². The molecule has 6 heteroatoms. The van der Waals surface area contributed by atoms with Crippen molar-refractivity contribution >= 4 is 17.6 Å². The number of aromatic nitrogens is 1. The Morgan fingerprint density at radius 1 is 1.29 bits per heavy atom. The number of nitrogen functional groups attached to an aromatic ring is 1. The Balaban J connectivity index is 2.49. The zero-order valence-corrected chi connectivity index (χ0v) is 9.91. The Labute approximate surface area is 99.6 Å². The molecule has 0 aliphatic carbocycles. The van der Waals surface area contributed by atoms with Crippen LogP contribution in [-0.4, -0.2) is 29.9 Å². The number of aryl methyl sites for hydroxylation is 1. The minimum absolute atomic E-state index is 0.122. The van der Waals surface area contributed by atoms with E-state index in [9.17, 15) is 9.59 Å². The third-order valence-corrected chi connectivity index (χ3v) is 2.02. The van der Waals surface area contributed by atoms with Gasteiger partial charge >= 0.3 is 0 Å². The van der Waals surface area contributed by atoms with Crippen LogP contribution in [0.4, 0.5) is 5.82 Å². The van der Waals surface area contributed by atoms with Gasteiger partial charge in [0.1, 0.15) is 5.82 Å². The summed E-state index contributed by atoms with van der Waals surface area (Å²) in [5.41, 5.74) is 6.71. The van der Waals surface area contributed by atoms with Crippen molar-refractivity contribution in [2.75, 3.05) is 18.8 Å². The zero-order valence-electron chi connectivity index (χ0n) is 9.91. The summed E-state index contributed by atoms with van der Waals surface area (Å²) in [7, 11) is 0. The molecule has 2 amide bonds. The van der Waals surface area contributed by atoms with E-state index < -0.39 is 0 Å². The Kier molecular flexibility index (Phi) is 4.45. The average molecular weight is 236 g/mol. The third kappa shape index (κ3) is 4.50. The van der Waals surface area contributed by atoms with Crippen LogP contribution in [0.2, 0.25) is 0 Å². The van der Waals surface area contributed by atoms with Crippen molar-refractivity contribution in [1.82, 2.24) is 15.6 Å². The highest BCUT2D eigenvalue weighted by Gasteiger charge is 2.06. The summed E-state index contributed by atoms with van der Waals surface area (Å²) in [5.74, 6) is -0.0344. The van der Waals surface area contributed by atoms with Gasteiger partial charge in [-0.2, -0.15) is 0 Å². The number of pyridine rings is 1. The molecule has 0 aliphatic rings. The van der Waals surface area contributed by atoms with Crippen molar-refractivity contribution in [3.63, 3.8) is 0 Å². The van der Waals surface area contributed by atoms with Gasteiger partial charge in [0.2, 0.25) is 5.91 Å². The first-order valence-corrected chi connectivity index (χ1v) is 5.26. The van der Waals surface area contributed by atoms with E-state index in [2.05, 4.69) is 15.6 Å². The second-order valence-corrected chi connectivity index (χ2v) is 3.66. The van der Waals surface area contributed by atoms with E-state index in [4.69, 9.17) is 5.73 Å². The lowest BCUT2D eigenvalue weighted by Crippen LogP contribution is -2.33. The molecule has 0 atom stereocenters. The number of carbonyl (C=O) groups excluding carboxylic acids is 2. The fraction of sp³-hybridized carbons (Fsp3) is 0.364. The van der Waals surface area contributed by atoms with E-state index in [1.54, 1.807) is 13.0 Å². The molecule has 1 heterocycles. The Hall–Kier alpha value is -2.11. The number of nitrogens with zero attached hydrogens (tertiary/aromatic N) is 1. The van der Waals surface area contributed by atoms with Gasteiger partial charge in [-0.05, 0) is 19.1 Å². The molecule has 0 aliphatic heterocycles. The summed E-state index contributed by atoms with van der Waals surface area (Å²) in [6.45, 7) is 3.97. The molecule has 6 nitrogen and oxygen atoms in total. The normalized spacial score (nSPS) is 9.76. The monoisotopic (exact) mass is 236 g/mol. The first-order valence-electron chi connectivity index (χ1n) is 5.26. The number of amides is 2. The lowest BCUT2D eigenvalue weighted by atomic mass is 10.2. The average Bonchev–Trinajstić information content (AvgIpc) is 2.22. The predicted octanol–water partition coefficient (Wildman–Crippen LogP) is -0.162. The van der Waals surface area contributed by atoms with Gasteiger partial charge in [0, 0.05) is 31.3 Å². The lowest BCUT2D eigenvalue weighted by molar-refractivity contribution is -0.118. The molecule has 0 aromatic carbocycles. The van der Waals surface area contributed by atoms with Crippen molar-refractivity contribution in [3.05, 3.63) is 23.4 Å². The maximum Gasteiger partial charge on any atom is 0.251 e. The molecule has 17 heavy (non-hydrogen) atoms. The standard InChI is InChI=1S/C11H16N4O2/c1-7-5-9(6-10(12)15-7)11(17)14-4-3-13-8(2)16/h5-6H,3-4H2,1-2H3,(H2,12,15)(H,13,16)(H,14,17). The van der Waals surface area contributed by atoms with E-state index in [0.717, 1.165) is 0 Å². The van der Waals surface area contributed by atoms with Crippen molar-refractivity contribution in [2.24, 2.45) is 0 Å². The van der Waals surface area contributed by atoms with Crippen LogP contribution in [-0.2, 0) is 4.79 Å². The fourth-order valence-electron chi connectivity index (χ4n) is 1.34. The third-order valence-electron chi connectivity index (χ3n) is 2.02. The summed E-state index contributed by atoms with van der Waals surface area (Å²) < 4.78 is 0. The molecule has 0 fully saturated rings. The maximum absolute atomic E-state index is 11.7. The van der Waals surface area contributed by atoms with Gasteiger partial charge in [-0.3, -0.25) is 9.59 Å². The molecule has 0 radical (unpaired) electrons. The first-order chi connectivity index (χ1) is 7.99. The molecule has 0 spiro atoms. The smallest absolute Gasteiger partial charge is 0.251 e. The maximum atomic E-state index is 11.7. The summed E-state index contributed by atoms with van der Waals surface area (Å²) >= 11 is 0. The van der Waals surface area contributed by atoms with Crippen LogP contribution in [0.15, 0.2) is 12.1 Å². The molecule has 0 unspecified atom stereocenters.